The van der Waals surface area contributed by atoms with Crippen LogP contribution in [0.25, 0.3) is 0 Å². The molecule has 1 saturated carbocycles. The molecule has 0 N–H and O–H groups in total. The van der Waals surface area contributed by atoms with Crippen LogP contribution in [-0.4, -0.2) is 21.0 Å². The lowest BCUT2D eigenvalue weighted by molar-refractivity contribution is 0.0989. The van der Waals surface area contributed by atoms with Crippen molar-refractivity contribution in [3.05, 3.63) is 35.9 Å². The molecular weight excluding hydrogens is 244 g/mol. The Kier molecular flexibility index (Phi) is 5.12. The summed E-state index contributed by atoms with van der Waals surface area (Å²) in [4.78, 5) is 11.9. The van der Waals surface area contributed by atoms with E-state index in [9.17, 15) is 9.00 Å². The Morgan fingerprint density at radius 2 is 1.78 bits per heavy atom. The molecule has 18 heavy (non-hydrogen) atoms. The monoisotopic (exact) mass is 264 g/mol. The minimum atomic E-state index is -0.822. The summed E-state index contributed by atoms with van der Waals surface area (Å²) < 4.78 is 12.1. The largest absolute Gasteiger partial charge is 0.294 e. The molecule has 0 radical (unpaired) electrons. The first-order valence-corrected chi connectivity index (χ1v) is 8.11. The molecule has 0 aliphatic heterocycles. The fraction of sp³-hybridized carbons (Fsp3) is 0.533. The maximum atomic E-state index is 12.1. The van der Waals surface area contributed by atoms with Crippen molar-refractivity contribution in [2.24, 2.45) is 0 Å². The van der Waals surface area contributed by atoms with Gasteiger partial charge in [0.15, 0.2) is 5.78 Å². The predicted molar refractivity (Wildman–Crippen MR) is 75.3 cm³/mol. The van der Waals surface area contributed by atoms with Crippen molar-refractivity contribution in [3.8, 4) is 0 Å². The van der Waals surface area contributed by atoms with Gasteiger partial charge >= 0.3 is 0 Å². The molecule has 1 atom stereocenters. The first-order valence-electron chi connectivity index (χ1n) is 6.73. The average Bonchev–Trinajstić information content (AvgIpc) is 2.46. The number of benzene rings is 1. The van der Waals surface area contributed by atoms with Crippen LogP contribution in [0.3, 0.4) is 0 Å². The number of hydrogen-bond donors (Lipinski definition) is 0. The molecule has 1 aromatic carbocycles. The van der Waals surface area contributed by atoms with Gasteiger partial charge in [0.1, 0.15) is 0 Å². The average molecular weight is 264 g/mol. The molecule has 2 nitrogen and oxygen atoms in total. The Morgan fingerprint density at radius 1 is 1.11 bits per heavy atom. The number of rotatable bonds is 5. The lowest BCUT2D eigenvalue weighted by Gasteiger charge is -2.20. The van der Waals surface area contributed by atoms with E-state index in [4.69, 9.17) is 0 Å². The van der Waals surface area contributed by atoms with E-state index in [1.165, 1.54) is 19.3 Å². The Hall–Kier alpha value is -0.960. The third-order valence-corrected chi connectivity index (χ3v) is 5.37. The van der Waals surface area contributed by atoms with E-state index in [1.807, 2.05) is 30.3 Å². The van der Waals surface area contributed by atoms with Gasteiger partial charge in [0.2, 0.25) is 0 Å². The SMILES string of the molecule is O=C(CCS(=O)C1CCCCC1)c1ccccc1. The molecule has 0 bridgehead atoms. The smallest absolute Gasteiger partial charge is 0.163 e. The van der Waals surface area contributed by atoms with Gasteiger partial charge in [0, 0.05) is 33.8 Å². The highest BCUT2D eigenvalue weighted by molar-refractivity contribution is 7.85. The molecule has 0 aromatic heterocycles. The topological polar surface area (TPSA) is 34.1 Å². The predicted octanol–water partition coefficient (Wildman–Crippen LogP) is 3.34. The van der Waals surface area contributed by atoms with Gasteiger partial charge in [0.05, 0.1) is 0 Å². The van der Waals surface area contributed by atoms with Crippen LogP contribution in [0.2, 0.25) is 0 Å². The van der Waals surface area contributed by atoms with E-state index < -0.39 is 10.8 Å². The lowest BCUT2D eigenvalue weighted by Crippen LogP contribution is -2.21. The molecule has 0 spiro atoms. The highest BCUT2D eigenvalue weighted by atomic mass is 32.2. The molecule has 0 saturated heterocycles. The van der Waals surface area contributed by atoms with Gasteiger partial charge in [0.25, 0.3) is 0 Å². The molecule has 1 aliphatic rings. The fourth-order valence-electron chi connectivity index (χ4n) is 2.46. The Bertz CT molecular complexity index is 408. The molecule has 1 aliphatic carbocycles. The van der Waals surface area contributed by atoms with Gasteiger partial charge in [-0.15, -0.1) is 0 Å². The molecular formula is C15H20O2S. The van der Waals surface area contributed by atoms with Crippen molar-refractivity contribution in [2.75, 3.05) is 5.75 Å². The minimum absolute atomic E-state index is 0.111. The third kappa shape index (κ3) is 3.77. The zero-order valence-corrected chi connectivity index (χ0v) is 11.5. The normalized spacial score (nSPS) is 18.4. The van der Waals surface area contributed by atoms with Crippen LogP contribution in [0.1, 0.15) is 48.9 Å². The van der Waals surface area contributed by atoms with Crippen molar-refractivity contribution in [3.63, 3.8) is 0 Å². The van der Waals surface area contributed by atoms with Crippen LogP contribution < -0.4 is 0 Å². The standard InChI is InChI=1S/C15H20O2S/c16-15(13-7-3-1-4-8-13)11-12-18(17)14-9-5-2-6-10-14/h1,3-4,7-8,14H,2,5-6,9-12H2. The van der Waals surface area contributed by atoms with E-state index in [0.29, 0.717) is 17.4 Å². The van der Waals surface area contributed by atoms with E-state index in [1.54, 1.807) is 0 Å². The van der Waals surface area contributed by atoms with Crippen molar-refractivity contribution in [1.29, 1.82) is 0 Å². The maximum Gasteiger partial charge on any atom is 0.163 e. The quantitative estimate of drug-likeness (QED) is 0.764. The maximum absolute atomic E-state index is 12.1. The van der Waals surface area contributed by atoms with E-state index in [-0.39, 0.29) is 5.78 Å². The first kappa shape index (κ1) is 13.5. The first-order chi connectivity index (χ1) is 8.77. The van der Waals surface area contributed by atoms with E-state index >= 15 is 0 Å². The zero-order chi connectivity index (χ0) is 12.8. The second-order valence-electron chi connectivity index (χ2n) is 4.88. The molecule has 1 unspecified atom stereocenters. The summed E-state index contributed by atoms with van der Waals surface area (Å²) in [6.45, 7) is 0. The summed E-state index contributed by atoms with van der Waals surface area (Å²) in [5.41, 5.74) is 0.734. The summed E-state index contributed by atoms with van der Waals surface area (Å²) in [5, 5.41) is 0.335. The second-order valence-corrected chi connectivity index (χ2v) is 6.72. The summed E-state index contributed by atoms with van der Waals surface area (Å²) in [6.07, 6.45) is 6.23. The van der Waals surface area contributed by atoms with Crippen molar-refractivity contribution >= 4 is 16.6 Å². The van der Waals surface area contributed by atoms with Crippen LogP contribution in [0, 0.1) is 0 Å². The fourth-order valence-corrected chi connectivity index (χ4v) is 4.04. The summed E-state index contributed by atoms with van der Waals surface area (Å²) in [6, 6.07) is 9.28. The van der Waals surface area contributed by atoms with Crippen LogP contribution >= 0.6 is 0 Å². The molecule has 3 heteroatoms. The number of hydrogen-bond acceptors (Lipinski definition) is 2. The van der Waals surface area contributed by atoms with Crippen LogP contribution in [0.15, 0.2) is 30.3 Å². The number of Topliss-reactive ketones (excluding diaryl/α,β-unsaturated/α-hetero) is 1. The highest BCUT2D eigenvalue weighted by Gasteiger charge is 2.20. The van der Waals surface area contributed by atoms with Gasteiger partial charge in [-0.1, -0.05) is 49.6 Å². The number of carbonyl (C=O) groups is 1. The lowest BCUT2D eigenvalue weighted by atomic mass is 10.0. The summed E-state index contributed by atoms with van der Waals surface area (Å²) >= 11 is 0. The third-order valence-electron chi connectivity index (χ3n) is 3.55. The van der Waals surface area contributed by atoms with E-state index in [2.05, 4.69) is 0 Å². The van der Waals surface area contributed by atoms with Crippen LogP contribution in [-0.2, 0) is 10.8 Å². The molecule has 2 rings (SSSR count). The summed E-state index contributed by atoms with van der Waals surface area (Å²) in [5.74, 6) is 0.637. The number of ketones is 1. The highest BCUT2D eigenvalue weighted by Crippen LogP contribution is 2.22. The zero-order valence-electron chi connectivity index (χ0n) is 10.6. The van der Waals surface area contributed by atoms with Gasteiger partial charge in [-0.2, -0.15) is 0 Å². The number of carbonyl (C=O) groups excluding carboxylic acids is 1. The molecule has 0 heterocycles. The van der Waals surface area contributed by atoms with E-state index in [0.717, 1.165) is 18.4 Å². The van der Waals surface area contributed by atoms with Gasteiger partial charge in [-0.05, 0) is 12.8 Å². The minimum Gasteiger partial charge on any atom is -0.294 e. The van der Waals surface area contributed by atoms with Crippen molar-refractivity contribution in [2.45, 2.75) is 43.8 Å². The molecule has 98 valence electrons. The molecule has 0 amide bonds. The Labute approximate surface area is 111 Å². The molecule has 1 fully saturated rings. The van der Waals surface area contributed by atoms with Gasteiger partial charge in [-0.25, -0.2) is 0 Å². The van der Waals surface area contributed by atoms with Crippen LogP contribution in [0.5, 0.6) is 0 Å². The Morgan fingerprint density at radius 3 is 2.44 bits per heavy atom. The van der Waals surface area contributed by atoms with Crippen LogP contribution in [0.4, 0.5) is 0 Å². The van der Waals surface area contributed by atoms with Gasteiger partial charge < -0.3 is 0 Å². The van der Waals surface area contributed by atoms with Crippen molar-refractivity contribution in [1.82, 2.24) is 0 Å². The summed E-state index contributed by atoms with van der Waals surface area (Å²) in [7, 11) is -0.822. The second kappa shape index (κ2) is 6.83. The van der Waals surface area contributed by atoms with Gasteiger partial charge in [-0.3, -0.25) is 9.00 Å². The molecule has 1 aromatic rings. The Balaban J connectivity index is 1.80. The van der Waals surface area contributed by atoms with Crippen molar-refractivity contribution < 1.29 is 9.00 Å².